The lowest BCUT2D eigenvalue weighted by Gasteiger charge is -2.11. The molecule has 104 valence electrons. The highest BCUT2D eigenvalue weighted by Gasteiger charge is 2.04. The van der Waals surface area contributed by atoms with Gasteiger partial charge in [-0.2, -0.15) is 0 Å². The molecule has 0 fully saturated rings. The minimum absolute atomic E-state index is 0.0910. The second kappa shape index (κ2) is 6.73. The molecule has 2 aromatic rings. The molecule has 0 saturated carbocycles. The van der Waals surface area contributed by atoms with E-state index >= 15 is 0 Å². The van der Waals surface area contributed by atoms with Crippen LogP contribution in [0.15, 0.2) is 48.5 Å². The van der Waals surface area contributed by atoms with E-state index in [1.54, 1.807) is 12.1 Å². The molecule has 0 aliphatic heterocycles. The van der Waals surface area contributed by atoms with Gasteiger partial charge in [0.2, 0.25) is 5.91 Å². The van der Waals surface area contributed by atoms with Gasteiger partial charge in [-0.15, -0.1) is 0 Å². The van der Waals surface area contributed by atoms with Crippen LogP contribution < -0.4 is 10.5 Å². The van der Waals surface area contributed by atoms with Crippen LogP contribution >= 0.6 is 0 Å². The number of amides is 1. The number of hydrogen-bond donors (Lipinski definition) is 2. The highest BCUT2D eigenvalue weighted by atomic mass is 16.5. The Kier molecular flexibility index (Phi) is 4.74. The monoisotopic (exact) mass is 271 g/mol. The molecule has 0 radical (unpaired) electrons. The number of aliphatic hydroxyl groups is 1. The van der Waals surface area contributed by atoms with Crippen LogP contribution in [0.1, 0.15) is 21.5 Å². The first-order valence-corrected chi connectivity index (χ1v) is 6.41. The third-order valence-corrected chi connectivity index (χ3v) is 2.99. The molecular formula is C16H17NO3. The van der Waals surface area contributed by atoms with Gasteiger partial charge >= 0.3 is 0 Å². The van der Waals surface area contributed by atoms with Crippen LogP contribution in [0, 0.1) is 0 Å². The van der Waals surface area contributed by atoms with Crippen molar-refractivity contribution in [3.63, 3.8) is 0 Å². The van der Waals surface area contributed by atoms with E-state index in [2.05, 4.69) is 0 Å². The van der Waals surface area contributed by atoms with Crippen LogP contribution in [0.3, 0.4) is 0 Å². The summed E-state index contributed by atoms with van der Waals surface area (Å²) < 4.78 is 5.75. The molecule has 1 amide bonds. The summed E-state index contributed by atoms with van der Waals surface area (Å²) in [6.45, 7) is 0.495. The summed E-state index contributed by atoms with van der Waals surface area (Å²) in [6.07, 6.45) is 0.566. The van der Waals surface area contributed by atoms with Gasteiger partial charge in [0.1, 0.15) is 12.4 Å². The molecule has 0 bridgehead atoms. The molecule has 0 aliphatic carbocycles. The molecule has 0 saturated heterocycles. The molecule has 20 heavy (non-hydrogen) atoms. The smallest absolute Gasteiger partial charge is 0.248 e. The largest absolute Gasteiger partial charge is 0.489 e. The molecule has 2 rings (SSSR count). The minimum atomic E-state index is -0.439. The van der Waals surface area contributed by atoms with Crippen molar-refractivity contribution in [3.05, 3.63) is 65.2 Å². The summed E-state index contributed by atoms with van der Waals surface area (Å²) >= 11 is 0. The fourth-order valence-electron chi connectivity index (χ4n) is 1.90. The Morgan fingerprint density at radius 3 is 2.45 bits per heavy atom. The van der Waals surface area contributed by atoms with E-state index in [0.29, 0.717) is 18.6 Å². The van der Waals surface area contributed by atoms with Crippen molar-refractivity contribution >= 4 is 5.91 Å². The summed E-state index contributed by atoms with van der Waals surface area (Å²) in [5, 5.41) is 9.01. The third-order valence-electron chi connectivity index (χ3n) is 2.99. The van der Waals surface area contributed by atoms with E-state index in [9.17, 15) is 4.79 Å². The van der Waals surface area contributed by atoms with Gasteiger partial charge in [0.25, 0.3) is 0 Å². The van der Waals surface area contributed by atoms with E-state index in [1.165, 1.54) is 0 Å². The van der Waals surface area contributed by atoms with Crippen LogP contribution in [-0.2, 0) is 13.0 Å². The molecule has 0 unspecified atom stereocenters. The van der Waals surface area contributed by atoms with Crippen molar-refractivity contribution in [2.24, 2.45) is 5.73 Å². The van der Waals surface area contributed by atoms with Gasteiger partial charge in [0, 0.05) is 12.2 Å². The topological polar surface area (TPSA) is 72.6 Å². The average Bonchev–Trinajstić information content (AvgIpc) is 2.47. The first kappa shape index (κ1) is 14.1. The zero-order valence-electron chi connectivity index (χ0n) is 11.1. The number of carbonyl (C=O) groups is 1. The van der Waals surface area contributed by atoms with Crippen molar-refractivity contribution in [2.75, 3.05) is 6.61 Å². The summed E-state index contributed by atoms with van der Waals surface area (Å²) in [5.41, 5.74) is 7.60. The lowest BCUT2D eigenvalue weighted by molar-refractivity contribution is 0.1000. The zero-order chi connectivity index (χ0) is 14.4. The summed E-state index contributed by atoms with van der Waals surface area (Å²) in [5.74, 6) is 0.325. The van der Waals surface area contributed by atoms with Crippen molar-refractivity contribution in [1.29, 1.82) is 0 Å². The van der Waals surface area contributed by atoms with Gasteiger partial charge in [-0.25, -0.2) is 0 Å². The lowest BCUT2D eigenvalue weighted by Crippen LogP contribution is -2.10. The lowest BCUT2D eigenvalue weighted by atomic mass is 10.1. The first-order valence-electron chi connectivity index (χ1n) is 6.41. The number of primary amides is 1. The van der Waals surface area contributed by atoms with Gasteiger partial charge in [0.05, 0.1) is 0 Å². The van der Waals surface area contributed by atoms with Crippen LogP contribution in [0.2, 0.25) is 0 Å². The molecule has 4 heteroatoms. The summed E-state index contributed by atoms with van der Waals surface area (Å²) in [7, 11) is 0. The number of ether oxygens (including phenoxy) is 1. The van der Waals surface area contributed by atoms with Crippen LogP contribution in [-0.4, -0.2) is 17.6 Å². The number of carbonyl (C=O) groups excluding carboxylic acids is 1. The molecule has 0 spiro atoms. The molecular weight excluding hydrogens is 254 g/mol. The normalized spacial score (nSPS) is 10.2. The van der Waals surface area contributed by atoms with Crippen molar-refractivity contribution in [2.45, 2.75) is 13.0 Å². The number of rotatable bonds is 6. The van der Waals surface area contributed by atoms with Crippen molar-refractivity contribution in [3.8, 4) is 5.75 Å². The van der Waals surface area contributed by atoms with E-state index < -0.39 is 5.91 Å². The number of nitrogens with two attached hydrogens (primary N) is 1. The van der Waals surface area contributed by atoms with Crippen LogP contribution in [0.5, 0.6) is 5.75 Å². The summed E-state index contributed by atoms with van der Waals surface area (Å²) in [4.78, 5) is 11.0. The second-order valence-corrected chi connectivity index (χ2v) is 4.43. The Hall–Kier alpha value is -2.33. The SMILES string of the molecule is NC(=O)c1ccc(COc2ccccc2CCO)cc1. The predicted molar refractivity (Wildman–Crippen MR) is 76.5 cm³/mol. The Morgan fingerprint density at radius 1 is 1.10 bits per heavy atom. The molecule has 0 heterocycles. The molecule has 4 nitrogen and oxygen atoms in total. The maximum absolute atomic E-state index is 11.0. The van der Waals surface area contributed by atoms with E-state index in [1.807, 2.05) is 36.4 Å². The van der Waals surface area contributed by atoms with E-state index in [4.69, 9.17) is 15.6 Å². The van der Waals surface area contributed by atoms with Gasteiger partial charge < -0.3 is 15.6 Å². The Balaban J connectivity index is 2.03. The quantitative estimate of drug-likeness (QED) is 0.842. The maximum Gasteiger partial charge on any atom is 0.248 e. The standard InChI is InChI=1S/C16H17NO3/c17-16(19)14-7-5-12(6-8-14)11-20-15-4-2-1-3-13(15)9-10-18/h1-8,18H,9-11H2,(H2,17,19). The molecule has 0 aromatic heterocycles. The van der Waals surface area contributed by atoms with Gasteiger partial charge in [-0.3, -0.25) is 4.79 Å². The number of hydrogen-bond acceptors (Lipinski definition) is 3. The van der Waals surface area contributed by atoms with Crippen molar-refractivity contribution < 1.29 is 14.6 Å². The minimum Gasteiger partial charge on any atom is -0.489 e. The zero-order valence-corrected chi connectivity index (χ0v) is 11.1. The fraction of sp³-hybridized carbons (Fsp3) is 0.188. The van der Waals surface area contributed by atoms with Crippen molar-refractivity contribution in [1.82, 2.24) is 0 Å². The Bertz CT molecular complexity index is 579. The van der Waals surface area contributed by atoms with Gasteiger partial charge in [0.15, 0.2) is 0 Å². The third kappa shape index (κ3) is 3.59. The van der Waals surface area contributed by atoms with Crippen LogP contribution in [0.4, 0.5) is 0 Å². The average molecular weight is 271 g/mol. The maximum atomic E-state index is 11.0. The summed E-state index contributed by atoms with van der Waals surface area (Å²) in [6, 6.07) is 14.6. The molecule has 2 aromatic carbocycles. The number of para-hydroxylation sites is 1. The van der Waals surface area contributed by atoms with Gasteiger partial charge in [-0.05, 0) is 35.7 Å². The Morgan fingerprint density at radius 2 is 1.80 bits per heavy atom. The number of benzene rings is 2. The van der Waals surface area contributed by atoms with E-state index in [-0.39, 0.29) is 6.61 Å². The van der Waals surface area contributed by atoms with Crippen LogP contribution in [0.25, 0.3) is 0 Å². The highest BCUT2D eigenvalue weighted by Crippen LogP contribution is 2.19. The molecule has 0 aliphatic rings. The first-order chi connectivity index (χ1) is 9.70. The second-order valence-electron chi connectivity index (χ2n) is 4.43. The molecule has 0 atom stereocenters. The Labute approximate surface area is 117 Å². The highest BCUT2D eigenvalue weighted by molar-refractivity contribution is 5.92. The molecule has 3 N–H and O–H groups in total. The predicted octanol–water partition coefficient (Wildman–Crippen LogP) is 1.90. The van der Waals surface area contributed by atoms with Gasteiger partial charge in [-0.1, -0.05) is 30.3 Å². The number of aliphatic hydroxyl groups excluding tert-OH is 1. The van der Waals surface area contributed by atoms with E-state index in [0.717, 1.165) is 16.9 Å². The fourth-order valence-corrected chi connectivity index (χ4v) is 1.90.